The second kappa shape index (κ2) is 6.47. The van der Waals surface area contributed by atoms with Crippen LogP contribution < -0.4 is 5.32 Å². The van der Waals surface area contributed by atoms with Gasteiger partial charge in [-0.2, -0.15) is 0 Å². The van der Waals surface area contributed by atoms with E-state index in [1.165, 1.54) is 4.88 Å². The van der Waals surface area contributed by atoms with Gasteiger partial charge in [-0.15, -0.1) is 11.3 Å². The Morgan fingerprint density at radius 2 is 2.21 bits per heavy atom. The molecule has 0 bridgehead atoms. The molecular formula is C13H15BrN2O2S. The minimum absolute atomic E-state index is 0.124. The Bertz CT molecular complexity index is 572. The van der Waals surface area contributed by atoms with Crippen LogP contribution in [0.15, 0.2) is 22.1 Å². The molecule has 3 N–H and O–H groups in total. The molecule has 6 heteroatoms. The maximum absolute atomic E-state index is 10.0. The molecule has 0 spiro atoms. The van der Waals surface area contributed by atoms with Crippen LogP contribution in [0.4, 0.5) is 0 Å². The molecule has 0 fully saturated rings. The average molecular weight is 343 g/mol. The molecule has 0 radical (unpaired) electrons. The van der Waals surface area contributed by atoms with Crippen LogP contribution in [0.25, 0.3) is 0 Å². The van der Waals surface area contributed by atoms with Crippen LogP contribution in [0.5, 0.6) is 5.75 Å². The highest BCUT2D eigenvalue weighted by atomic mass is 79.9. The van der Waals surface area contributed by atoms with Gasteiger partial charge in [-0.05, 0) is 34.3 Å². The number of aliphatic hydroxyl groups excluding tert-OH is 1. The van der Waals surface area contributed by atoms with E-state index < -0.39 is 0 Å². The van der Waals surface area contributed by atoms with E-state index in [-0.39, 0.29) is 12.4 Å². The van der Waals surface area contributed by atoms with E-state index in [1.807, 2.05) is 11.4 Å². The molecule has 19 heavy (non-hydrogen) atoms. The molecule has 0 unspecified atom stereocenters. The van der Waals surface area contributed by atoms with E-state index >= 15 is 0 Å². The Morgan fingerprint density at radius 3 is 2.84 bits per heavy atom. The molecule has 0 aromatic carbocycles. The third-order valence-electron chi connectivity index (χ3n) is 2.88. The van der Waals surface area contributed by atoms with Crippen molar-refractivity contribution in [3.8, 4) is 5.75 Å². The zero-order valence-corrected chi connectivity index (χ0v) is 12.9. The van der Waals surface area contributed by atoms with Crippen molar-refractivity contribution in [1.82, 2.24) is 10.3 Å². The van der Waals surface area contributed by atoms with Gasteiger partial charge in [0.2, 0.25) is 0 Å². The molecule has 4 nitrogen and oxygen atoms in total. The summed E-state index contributed by atoms with van der Waals surface area (Å²) >= 11 is 5.15. The van der Waals surface area contributed by atoms with Crippen molar-refractivity contribution < 1.29 is 10.2 Å². The number of aliphatic hydroxyl groups is 1. The number of nitrogens with one attached hydrogen (secondary N) is 1. The monoisotopic (exact) mass is 342 g/mol. The fourth-order valence-electron chi connectivity index (χ4n) is 1.77. The van der Waals surface area contributed by atoms with Gasteiger partial charge in [0.25, 0.3) is 0 Å². The van der Waals surface area contributed by atoms with Crippen LogP contribution in [-0.2, 0) is 19.7 Å². The lowest BCUT2D eigenvalue weighted by Gasteiger charge is -2.12. The maximum atomic E-state index is 10.0. The predicted octanol–water partition coefficient (Wildman–Crippen LogP) is 2.70. The van der Waals surface area contributed by atoms with E-state index in [2.05, 4.69) is 26.2 Å². The molecule has 102 valence electrons. The first-order valence-corrected chi connectivity index (χ1v) is 7.50. The molecule has 2 aromatic rings. The summed E-state index contributed by atoms with van der Waals surface area (Å²) in [5.41, 5.74) is 1.94. The first-order valence-electron chi connectivity index (χ1n) is 5.83. The van der Waals surface area contributed by atoms with Gasteiger partial charge in [0.15, 0.2) is 0 Å². The largest absolute Gasteiger partial charge is 0.506 e. The normalized spacial score (nSPS) is 10.9. The van der Waals surface area contributed by atoms with Crippen molar-refractivity contribution in [2.75, 3.05) is 0 Å². The van der Waals surface area contributed by atoms with E-state index in [1.54, 1.807) is 24.5 Å². The van der Waals surface area contributed by atoms with Crippen LogP contribution in [0, 0.1) is 6.92 Å². The number of hydrogen-bond acceptors (Lipinski definition) is 5. The number of thiophene rings is 1. The third kappa shape index (κ3) is 3.33. The van der Waals surface area contributed by atoms with Crippen LogP contribution in [0.1, 0.15) is 21.7 Å². The summed E-state index contributed by atoms with van der Waals surface area (Å²) in [6.07, 6.45) is 1.60. The molecule has 2 rings (SSSR count). The van der Waals surface area contributed by atoms with Crippen molar-refractivity contribution >= 4 is 27.3 Å². The molecule has 0 saturated heterocycles. The minimum Gasteiger partial charge on any atom is -0.506 e. The van der Waals surface area contributed by atoms with Crippen LogP contribution in [-0.4, -0.2) is 15.2 Å². The highest BCUT2D eigenvalue weighted by Crippen LogP contribution is 2.25. The summed E-state index contributed by atoms with van der Waals surface area (Å²) in [5.74, 6) is 0.157. The molecule has 0 aliphatic heterocycles. The van der Waals surface area contributed by atoms with Gasteiger partial charge in [-0.25, -0.2) is 0 Å². The van der Waals surface area contributed by atoms with E-state index in [4.69, 9.17) is 0 Å². The second-order valence-electron chi connectivity index (χ2n) is 4.15. The lowest BCUT2D eigenvalue weighted by Crippen LogP contribution is -2.14. The number of aromatic nitrogens is 1. The van der Waals surface area contributed by atoms with Gasteiger partial charge in [0.1, 0.15) is 5.75 Å². The second-order valence-corrected chi connectivity index (χ2v) is 6.00. The number of aryl methyl sites for hydroxylation is 1. The zero-order chi connectivity index (χ0) is 13.8. The highest BCUT2D eigenvalue weighted by molar-refractivity contribution is 9.10. The fourth-order valence-corrected chi connectivity index (χ4v) is 3.23. The lowest BCUT2D eigenvalue weighted by atomic mass is 10.1. The number of hydrogen-bond donors (Lipinski definition) is 3. The van der Waals surface area contributed by atoms with Gasteiger partial charge in [-0.1, -0.05) is 0 Å². The maximum Gasteiger partial charge on any atom is 0.141 e. The van der Waals surface area contributed by atoms with Crippen LogP contribution in [0.2, 0.25) is 0 Å². The Labute approximate surface area is 124 Å². The topological polar surface area (TPSA) is 65.4 Å². The zero-order valence-electron chi connectivity index (χ0n) is 10.5. The van der Waals surface area contributed by atoms with Crippen molar-refractivity contribution in [1.29, 1.82) is 0 Å². The standard InChI is InChI=1S/C13H15BrN2O2S/c1-8-13(18)10(9(7-17)4-16-8)5-15-6-12-11(14)2-3-19-12/h2-4,15,17-18H,5-7H2,1H3. The molecule has 2 aromatic heterocycles. The van der Waals surface area contributed by atoms with Crippen LogP contribution >= 0.6 is 27.3 Å². The van der Waals surface area contributed by atoms with Gasteiger partial charge in [0.05, 0.1) is 12.3 Å². The van der Waals surface area contributed by atoms with Crippen molar-refractivity contribution in [2.45, 2.75) is 26.6 Å². The van der Waals surface area contributed by atoms with Gasteiger partial charge in [-0.3, -0.25) is 4.98 Å². The summed E-state index contributed by atoms with van der Waals surface area (Å²) in [6, 6.07) is 2.01. The summed E-state index contributed by atoms with van der Waals surface area (Å²) in [6.45, 7) is 2.83. The van der Waals surface area contributed by atoms with Crippen molar-refractivity contribution in [3.05, 3.63) is 43.8 Å². The number of halogens is 1. The molecule has 0 amide bonds. The predicted molar refractivity (Wildman–Crippen MR) is 79.1 cm³/mol. The van der Waals surface area contributed by atoms with Crippen molar-refractivity contribution in [3.63, 3.8) is 0 Å². The minimum atomic E-state index is -0.124. The smallest absolute Gasteiger partial charge is 0.141 e. The summed E-state index contributed by atoms with van der Waals surface area (Å²) in [7, 11) is 0. The van der Waals surface area contributed by atoms with Crippen LogP contribution in [0.3, 0.4) is 0 Å². The molecule has 0 saturated carbocycles. The summed E-state index contributed by atoms with van der Waals surface area (Å²) in [4.78, 5) is 5.24. The Balaban J connectivity index is 2.07. The quantitative estimate of drug-likeness (QED) is 0.781. The molecule has 0 aliphatic carbocycles. The molecule has 0 atom stereocenters. The Kier molecular flexibility index (Phi) is 4.93. The van der Waals surface area contributed by atoms with Crippen molar-refractivity contribution in [2.24, 2.45) is 0 Å². The first kappa shape index (κ1) is 14.5. The SMILES string of the molecule is Cc1ncc(CO)c(CNCc2sccc2Br)c1O. The number of nitrogens with zero attached hydrogens (tertiary/aromatic N) is 1. The summed E-state index contributed by atoms with van der Waals surface area (Å²) in [5, 5.41) is 24.6. The third-order valence-corrected chi connectivity index (χ3v) is 4.81. The van der Waals surface area contributed by atoms with Gasteiger partial charge in [0, 0.05) is 39.8 Å². The number of rotatable bonds is 5. The molecular weight excluding hydrogens is 328 g/mol. The molecule has 2 heterocycles. The first-order chi connectivity index (χ1) is 9.13. The van der Waals surface area contributed by atoms with E-state index in [9.17, 15) is 10.2 Å². The van der Waals surface area contributed by atoms with Gasteiger partial charge < -0.3 is 15.5 Å². The van der Waals surface area contributed by atoms with Gasteiger partial charge >= 0.3 is 0 Å². The Morgan fingerprint density at radius 1 is 1.42 bits per heavy atom. The Hall–Kier alpha value is -0.950. The number of aromatic hydroxyl groups is 1. The average Bonchev–Trinajstić information content (AvgIpc) is 2.80. The fraction of sp³-hybridized carbons (Fsp3) is 0.308. The van der Waals surface area contributed by atoms with E-state index in [0.29, 0.717) is 29.9 Å². The highest BCUT2D eigenvalue weighted by Gasteiger charge is 2.11. The molecule has 0 aliphatic rings. The summed E-state index contributed by atoms with van der Waals surface area (Å²) < 4.78 is 1.09. The van der Waals surface area contributed by atoms with E-state index in [0.717, 1.165) is 4.47 Å². The lowest BCUT2D eigenvalue weighted by molar-refractivity contribution is 0.278. The number of pyridine rings is 1.